The van der Waals surface area contributed by atoms with Crippen LogP contribution in [0.5, 0.6) is 0 Å². The van der Waals surface area contributed by atoms with Gasteiger partial charge in [-0.2, -0.15) is 0 Å². The Kier molecular flexibility index (Phi) is 4.41. The van der Waals surface area contributed by atoms with Crippen LogP contribution in [-0.2, 0) is 0 Å². The minimum atomic E-state index is 0.790. The summed E-state index contributed by atoms with van der Waals surface area (Å²) in [7, 11) is 0. The predicted molar refractivity (Wildman–Crippen MR) is 61.3 cm³/mol. The van der Waals surface area contributed by atoms with Crippen LogP contribution in [0.4, 0.5) is 0 Å². The van der Waals surface area contributed by atoms with E-state index < -0.39 is 0 Å². The third-order valence-electron chi connectivity index (χ3n) is 1.79. The van der Waals surface area contributed by atoms with E-state index in [1.807, 2.05) is 45.3 Å². The standard InChI is InChI=1S/C10H9N3.C2H6/c1-8-12-6-10(7-13-8)9-2-4-11-5-3-9;1-2/h2-7H,1H3;1-2H3. The lowest BCUT2D eigenvalue weighted by molar-refractivity contribution is 1.05. The molecule has 0 aliphatic carbocycles. The molecule has 0 N–H and O–H groups in total. The SMILES string of the molecule is CC.Cc1ncc(-c2ccncc2)cn1. The van der Waals surface area contributed by atoms with E-state index in [4.69, 9.17) is 0 Å². The number of hydrogen-bond donors (Lipinski definition) is 0. The molecule has 0 spiro atoms. The molecule has 15 heavy (non-hydrogen) atoms. The zero-order valence-corrected chi connectivity index (χ0v) is 9.31. The molecule has 3 heteroatoms. The highest BCUT2D eigenvalue weighted by Crippen LogP contribution is 2.14. The number of pyridine rings is 1. The van der Waals surface area contributed by atoms with Crippen molar-refractivity contribution in [2.24, 2.45) is 0 Å². The van der Waals surface area contributed by atoms with Gasteiger partial charge in [0, 0.05) is 30.4 Å². The maximum absolute atomic E-state index is 4.12. The van der Waals surface area contributed by atoms with Crippen molar-refractivity contribution in [3.05, 3.63) is 42.7 Å². The van der Waals surface area contributed by atoms with E-state index in [0.29, 0.717) is 0 Å². The van der Waals surface area contributed by atoms with Gasteiger partial charge in [-0.15, -0.1) is 0 Å². The van der Waals surface area contributed by atoms with Gasteiger partial charge in [-0.1, -0.05) is 13.8 Å². The molecular formula is C12H15N3. The minimum absolute atomic E-state index is 0.790. The van der Waals surface area contributed by atoms with Crippen LogP contribution in [0.2, 0.25) is 0 Å². The summed E-state index contributed by atoms with van der Waals surface area (Å²) in [4.78, 5) is 12.2. The van der Waals surface area contributed by atoms with Crippen molar-refractivity contribution < 1.29 is 0 Å². The van der Waals surface area contributed by atoms with Gasteiger partial charge in [-0.05, 0) is 24.6 Å². The first-order valence-corrected chi connectivity index (χ1v) is 5.05. The van der Waals surface area contributed by atoms with Crippen molar-refractivity contribution in [3.8, 4) is 11.1 Å². The third-order valence-corrected chi connectivity index (χ3v) is 1.79. The molecule has 0 radical (unpaired) electrons. The van der Waals surface area contributed by atoms with Gasteiger partial charge < -0.3 is 0 Å². The Bertz CT molecular complexity index is 381. The predicted octanol–water partition coefficient (Wildman–Crippen LogP) is 2.87. The molecule has 3 nitrogen and oxygen atoms in total. The molecule has 2 heterocycles. The maximum atomic E-state index is 4.12. The first-order chi connectivity index (χ1) is 7.36. The second-order valence-electron chi connectivity index (χ2n) is 2.75. The van der Waals surface area contributed by atoms with Crippen molar-refractivity contribution in [1.29, 1.82) is 0 Å². The fourth-order valence-electron chi connectivity index (χ4n) is 1.09. The molecule has 2 aromatic rings. The lowest BCUT2D eigenvalue weighted by Gasteiger charge is -1.98. The lowest BCUT2D eigenvalue weighted by Crippen LogP contribution is -1.87. The smallest absolute Gasteiger partial charge is 0.125 e. The van der Waals surface area contributed by atoms with E-state index >= 15 is 0 Å². The molecule has 0 bridgehead atoms. The van der Waals surface area contributed by atoms with Gasteiger partial charge in [0.2, 0.25) is 0 Å². The monoisotopic (exact) mass is 201 g/mol. The number of aromatic nitrogens is 3. The van der Waals surface area contributed by atoms with E-state index in [1.165, 1.54) is 0 Å². The van der Waals surface area contributed by atoms with Crippen LogP contribution in [0.1, 0.15) is 19.7 Å². The van der Waals surface area contributed by atoms with Crippen LogP contribution < -0.4 is 0 Å². The zero-order chi connectivity index (χ0) is 11.1. The molecule has 2 aromatic heterocycles. The van der Waals surface area contributed by atoms with Crippen molar-refractivity contribution in [2.75, 3.05) is 0 Å². The van der Waals surface area contributed by atoms with Crippen LogP contribution in [0.3, 0.4) is 0 Å². The summed E-state index contributed by atoms with van der Waals surface area (Å²) in [5.74, 6) is 0.790. The fourth-order valence-corrected chi connectivity index (χ4v) is 1.09. The van der Waals surface area contributed by atoms with Gasteiger partial charge in [0.1, 0.15) is 5.82 Å². The molecule has 0 aliphatic rings. The van der Waals surface area contributed by atoms with Crippen molar-refractivity contribution in [2.45, 2.75) is 20.8 Å². The zero-order valence-electron chi connectivity index (χ0n) is 9.31. The third kappa shape index (κ3) is 3.13. The number of hydrogen-bond acceptors (Lipinski definition) is 3. The Hall–Kier alpha value is -1.77. The van der Waals surface area contributed by atoms with Crippen LogP contribution >= 0.6 is 0 Å². The van der Waals surface area contributed by atoms with Crippen LogP contribution in [0, 0.1) is 6.92 Å². The van der Waals surface area contributed by atoms with E-state index in [2.05, 4.69) is 15.0 Å². The van der Waals surface area contributed by atoms with E-state index in [0.717, 1.165) is 17.0 Å². The van der Waals surface area contributed by atoms with E-state index in [-0.39, 0.29) is 0 Å². The second kappa shape index (κ2) is 5.86. The molecule has 0 unspecified atom stereocenters. The fraction of sp³-hybridized carbons (Fsp3) is 0.250. The Labute approximate surface area is 90.2 Å². The van der Waals surface area contributed by atoms with Crippen molar-refractivity contribution in [3.63, 3.8) is 0 Å². The Morgan fingerprint density at radius 1 is 0.867 bits per heavy atom. The molecule has 0 amide bonds. The number of rotatable bonds is 1. The lowest BCUT2D eigenvalue weighted by atomic mass is 10.1. The Morgan fingerprint density at radius 3 is 1.93 bits per heavy atom. The summed E-state index contributed by atoms with van der Waals surface area (Å²) in [5.41, 5.74) is 2.11. The first-order valence-electron chi connectivity index (χ1n) is 5.05. The molecule has 78 valence electrons. The molecule has 0 saturated heterocycles. The Balaban J connectivity index is 0.000000531. The summed E-state index contributed by atoms with van der Waals surface area (Å²) >= 11 is 0. The van der Waals surface area contributed by atoms with E-state index in [1.54, 1.807) is 12.4 Å². The molecule has 2 rings (SSSR count). The normalized spacial score (nSPS) is 9.00. The topological polar surface area (TPSA) is 38.7 Å². The second-order valence-corrected chi connectivity index (χ2v) is 2.75. The quantitative estimate of drug-likeness (QED) is 0.712. The maximum Gasteiger partial charge on any atom is 0.125 e. The van der Waals surface area contributed by atoms with Gasteiger partial charge in [0.15, 0.2) is 0 Å². The average molecular weight is 201 g/mol. The number of aryl methyl sites for hydroxylation is 1. The summed E-state index contributed by atoms with van der Waals surface area (Å²) in [5, 5.41) is 0. The summed E-state index contributed by atoms with van der Waals surface area (Å²) in [6, 6.07) is 3.88. The van der Waals surface area contributed by atoms with Gasteiger partial charge in [0.05, 0.1) is 0 Å². The molecule has 0 aliphatic heterocycles. The summed E-state index contributed by atoms with van der Waals surface area (Å²) in [6.07, 6.45) is 7.15. The highest BCUT2D eigenvalue weighted by Gasteiger charge is 1.96. The average Bonchev–Trinajstić information content (AvgIpc) is 2.34. The first kappa shape index (κ1) is 11.3. The van der Waals surface area contributed by atoms with Crippen LogP contribution in [0.15, 0.2) is 36.9 Å². The minimum Gasteiger partial charge on any atom is -0.265 e. The summed E-state index contributed by atoms with van der Waals surface area (Å²) < 4.78 is 0. The van der Waals surface area contributed by atoms with Gasteiger partial charge in [-0.3, -0.25) is 4.98 Å². The highest BCUT2D eigenvalue weighted by atomic mass is 14.8. The van der Waals surface area contributed by atoms with Crippen LogP contribution in [0.25, 0.3) is 11.1 Å². The van der Waals surface area contributed by atoms with Gasteiger partial charge >= 0.3 is 0 Å². The largest absolute Gasteiger partial charge is 0.265 e. The van der Waals surface area contributed by atoms with Crippen molar-refractivity contribution >= 4 is 0 Å². The molecule has 0 atom stereocenters. The summed E-state index contributed by atoms with van der Waals surface area (Å²) in [6.45, 7) is 5.87. The molecule has 0 saturated carbocycles. The van der Waals surface area contributed by atoms with Gasteiger partial charge in [-0.25, -0.2) is 9.97 Å². The molecular weight excluding hydrogens is 186 g/mol. The number of nitrogens with zero attached hydrogens (tertiary/aromatic N) is 3. The highest BCUT2D eigenvalue weighted by molar-refractivity contribution is 5.60. The van der Waals surface area contributed by atoms with Crippen molar-refractivity contribution in [1.82, 2.24) is 15.0 Å². The van der Waals surface area contributed by atoms with Gasteiger partial charge in [0.25, 0.3) is 0 Å². The Morgan fingerprint density at radius 2 is 1.40 bits per heavy atom. The molecule has 0 aromatic carbocycles. The molecule has 0 fully saturated rings. The van der Waals surface area contributed by atoms with Crippen LogP contribution in [-0.4, -0.2) is 15.0 Å². The van der Waals surface area contributed by atoms with E-state index in [9.17, 15) is 0 Å².